The lowest BCUT2D eigenvalue weighted by atomic mass is 9.97. The number of nitrogens with one attached hydrogen (secondary N) is 1. The van der Waals surface area contributed by atoms with E-state index in [-0.39, 0.29) is 23.9 Å². The summed E-state index contributed by atoms with van der Waals surface area (Å²) in [5.41, 5.74) is 2.54. The molecule has 1 atom stereocenters. The molecule has 0 spiro atoms. The second kappa shape index (κ2) is 10.8. The van der Waals surface area contributed by atoms with E-state index in [1.165, 1.54) is 17.5 Å². The van der Waals surface area contributed by atoms with Crippen LogP contribution in [0.2, 0.25) is 0 Å². The molecular weight excluding hydrogens is 396 g/mol. The standard InChI is InChI=1S/C24H26N2O3S/c1-17(27)7-3-2-4-10-21(26-24(29)23-15-25-16-30-23)22(28)14-18-11-12-19-8-5-6-9-20(19)13-18/h5-6,8-9,11-13,15-16,21H,2-4,7,10,14H2,1H3,(H,26,29)/t21-/m0/s1. The molecule has 0 radical (unpaired) electrons. The van der Waals surface area contributed by atoms with Gasteiger partial charge in [-0.05, 0) is 36.1 Å². The number of hydrogen-bond donors (Lipinski definition) is 1. The van der Waals surface area contributed by atoms with Crippen LogP contribution in [-0.2, 0) is 16.0 Å². The highest BCUT2D eigenvalue weighted by Crippen LogP contribution is 2.18. The summed E-state index contributed by atoms with van der Waals surface area (Å²) in [6, 6.07) is 13.5. The fourth-order valence-corrected chi connectivity index (χ4v) is 3.97. The van der Waals surface area contributed by atoms with Gasteiger partial charge in [0.2, 0.25) is 0 Å². The topological polar surface area (TPSA) is 76.1 Å². The molecule has 3 rings (SSSR count). The average Bonchev–Trinajstić information content (AvgIpc) is 3.27. The Labute approximate surface area is 180 Å². The summed E-state index contributed by atoms with van der Waals surface area (Å²) < 4.78 is 0. The fraction of sp³-hybridized carbons (Fsp3) is 0.333. The summed E-state index contributed by atoms with van der Waals surface area (Å²) in [4.78, 5) is 41.1. The maximum absolute atomic E-state index is 13.0. The fourth-order valence-electron chi connectivity index (χ4n) is 3.44. The van der Waals surface area contributed by atoms with Crippen molar-refractivity contribution in [2.24, 2.45) is 0 Å². The molecule has 1 heterocycles. The highest BCUT2D eigenvalue weighted by atomic mass is 32.1. The molecule has 5 nitrogen and oxygen atoms in total. The SMILES string of the molecule is CC(=O)CCCCC[C@H](NC(=O)c1cncs1)C(=O)Cc1ccc2ccccc2c1. The summed E-state index contributed by atoms with van der Waals surface area (Å²) >= 11 is 1.25. The average molecular weight is 423 g/mol. The van der Waals surface area contributed by atoms with Crippen LogP contribution < -0.4 is 5.32 Å². The van der Waals surface area contributed by atoms with Crippen molar-refractivity contribution in [3.05, 3.63) is 64.6 Å². The van der Waals surface area contributed by atoms with Gasteiger partial charge in [0.05, 0.1) is 17.7 Å². The number of aromatic nitrogens is 1. The molecule has 0 aliphatic carbocycles. The van der Waals surface area contributed by atoms with Crippen molar-refractivity contribution in [3.63, 3.8) is 0 Å². The number of ketones is 2. The molecule has 0 aliphatic rings. The van der Waals surface area contributed by atoms with Crippen molar-refractivity contribution in [2.75, 3.05) is 0 Å². The molecule has 1 aromatic heterocycles. The molecule has 0 aliphatic heterocycles. The van der Waals surface area contributed by atoms with Gasteiger partial charge in [0.15, 0.2) is 5.78 Å². The number of carbonyl (C=O) groups excluding carboxylic acids is 3. The summed E-state index contributed by atoms with van der Waals surface area (Å²) in [6.07, 6.45) is 5.35. The molecule has 0 saturated heterocycles. The predicted molar refractivity (Wildman–Crippen MR) is 120 cm³/mol. The molecule has 2 aromatic carbocycles. The van der Waals surface area contributed by atoms with Gasteiger partial charge in [0.1, 0.15) is 10.7 Å². The molecule has 6 heteroatoms. The van der Waals surface area contributed by atoms with E-state index in [4.69, 9.17) is 0 Å². The minimum Gasteiger partial charge on any atom is -0.341 e. The largest absolute Gasteiger partial charge is 0.341 e. The number of fused-ring (bicyclic) bond motifs is 1. The monoisotopic (exact) mass is 422 g/mol. The summed E-state index contributed by atoms with van der Waals surface area (Å²) in [7, 11) is 0. The molecule has 1 amide bonds. The number of benzene rings is 2. The molecule has 1 N–H and O–H groups in total. The molecule has 0 saturated carbocycles. The third kappa shape index (κ3) is 6.32. The minimum atomic E-state index is -0.552. The van der Waals surface area contributed by atoms with Gasteiger partial charge in [0, 0.05) is 12.8 Å². The molecule has 0 fully saturated rings. The third-order valence-electron chi connectivity index (χ3n) is 5.06. The van der Waals surface area contributed by atoms with Crippen LogP contribution in [0.1, 0.15) is 54.3 Å². The van der Waals surface area contributed by atoms with E-state index in [0.717, 1.165) is 35.6 Å². The second-order valence-corrected chi connectivity index (χ2v) is 8.40. The highest BCUT2D eigenvalue weighted by Gasteiger charge is 2.22. The van der Waals surface area contributed by atoms with Crippen LogP contribution in [0.15, 0.2) is 54.2 Å². The van der Waals surface area contributed by atoms with E-state index in [2.05, 4.69) is 10.3 Å². The van der Waals surface area contributed by atoms with E-state index < -0.39 is 6.04 Å². The number of amides is 1. The van der Waals surface area contributed by atoms with Crippen LogP contribution in [-0.4, -0.2) is 28.5 Å². The zero-order valence-corrected chi connectivity index (χ0v) is 17.9. The van der Waals surface area contributed by atoms with E-state index in [1.54, 1.807) is 12.4 Å². The van der Waals surface area contributed by atoms with E-state index >= 15 is 0 Å². The van der Waals surface area contributed by atoms with Crippen LogP contribution in [0, 0.1) is 0 Å². The number of Topliss-reactive ketones (excluding diaryl/α,β-unsaturated/α-hetero) is 2. The van der Waals surface area contributed by atoms with Gasteiger partial charge in [-0.2, -0.15) is 0 Å². The molecule has 0 bridgehead atoms. The number of unbranched alkanes of at least 4 members (excludes halogenated alkanes) is 2. The lowest BCUT2D eigenvalue weighted by molar-refractivity contribution is -0.120. The smallest absolute Gasteiger partial charge is 0.263 e. The van der Waals surface area contributed by atoms with Gasteiger partial charge in [-0.3, -0.25) is 14.6 Å². The lowest BCUT2D eigenvalue weighted by Crippen LogP contribution is -2.41. The first-order valence-electron chi connectivity index (χ1n) is 10.2. The van der Waals surface area contributed by atoms with Gasteiger partial charge < -0.3 is 10.1 Å². The Morgan fingerprint density at radius 3 is 2.57 bits per heavy atom. The van der Waals surface area contributed by atoms with Crippen molar-refractivity contribution >= 4 is 39.6 Å². The quantitative estimate of drug-likeness (QED) is 0.453. The second-order valence-electron chi connectivity index (χ2n) is 7.52. The Morgan fingerprint density at radius 2 is 1.83 bits per heavy atom. The van der Waals surface area contributed by atoms with Gasteiger partial charge >= 0.3 is 0 Å². The maximum atomic E-state index is 13.0. The lowest BCUT2D eigenvalue weighted by Gasteiger charge is -2.17. The number of carbonyl (C=O) groups is 3. The van der Waals surface area contributed by atoms with E-state index in [9.17, 15) is 14.4 Å². The number of rotatable bonds is 11. The molecule has 3 aromatic rings. The Kier molecular flexibility index (Phi) is 7.85. The van der Waals surface area contributed by atoms with Crippen LogP contribution >= 0.6 is 11.3 Å². The Balaban J connectivity index is 1.65. The number of thiazole rings is 1. The normalized spacial score (nSPS) is 11.9. The first-order chi connectivity index (χ1) is 14.5. The maximum Gasteiger partial charge on any atom is 0.263 e. The first kappa shape index (κ1) is 21.8. The highest BCUT2D eigenvalue weighted by molar-refractivity contribution is 7.11. The summed E-state index contributed by atoms with van der Waals surface area (Å²) in [6.45, 7) is 1.59. The van der Waals surface area contributed by atoms with Crippen molar-refractivity contribution < 1.29 is 14.4 Å². The molecule has 156 valence electrons. The van der Waals surface area contributed by atoms with Gasteiger partial charge in [-0.1, -0.05) is 55.3 Å². The number of nitrogens with zero attached hydrogens (tertiary/aromatic N) is 1. The summed E-state index contributed by atoms with van der Waals surface area (Å²) in [5, 5.41) is 5.12. The zero-order valence-electron chi connectivity index (χ0n) is 17.1. The van der Waals surface area contributed by atoms with Crippen molar-refractivity contribution in [1.82, 2.24) is 10.3 Å². The Hall–Kier alpha value is -2.86. The van der Waals surface area contributed by atoms with Crippen LogP contribution in [0.4, 0.5) is 0 Å². The Bertz CT molecular complexity index is 1010. The molecule has 30 heavy (non-hydrogen) atoms. The number of hydrogen-bond acceptors (Lipinski definition) is 5. The third-order valence-corrected chi connectivity index (χ3v) is 5.84. The molecular formula is C24H26N2O3S. The van der Waals surface area contributed by atoms with Gasteiger partial charge in [0.25, 0.3) is 5.91 Å². The summed E-state index contributed by atoms with van der Waals surface area (Å²) in [5.74, 6) is -0.0924. The Morgan fingerprint density at radius 1 is 1.03 bits per heavy atom. The minimum absolute atomic E-state index is 0.00489. The van der Waals surface area contributed by atoms with E-state index in [0.29, 0.717) is 17.7 Å². The van der Waals surface area contributed by atoms with Crippen LogP contribution in [0.25, 0.3) is 10.8 Å². The van der Waals surface area contributed by atoms with Gasteiger partial charge in [-0.15, -0.1) is 11.3 Å². The molecule has 0 unspecified atom stereocenters. The van der Waals surface area contributed by atoms with Crippen molar-refractivity contribution in [1.29, 1.82) is 0 Å². The van der Waals surface area contributed by atoms with Crippen LogP contribution in [0.5, 0.6) is 0 Å². The van der Waals surface area contributed by atoms with Gasteiger partial charge in [-0.25, -0.2) is 0 Å². The first-order valence-corrected chi connectivity index (χ1v) is 11.1. The van der Waals surface area contributed by atoms with E-state index in [1.807, 2.05) is 42.5 Å². The van der Waals surface area contributed by atoms with Crippen molar-refractivity contribution in [3.8, 4) is 0 Å². The zero-order chi connectivity index (χ0) is 21.3. The predicted octanol–water partition coefficient (Wildman–Crippen LogP) is 4.75. The van der Waals surface area contributed by atoms with Crippen LogP contribution in [0.3, 0.4) is 0 Å². The van der Waals surface area contributed by atoms with Crippen molar-refractivity contribution in [2.45, 2.75) is 51.5 Å².